The summed E-state index contributed by atoms with van der Waals surface area (Å²) in [5, 5.41) is 22.3. The molecule has 0 aliphatic carbocycles. The van der Waals surface area contributed by atoms with Crippen LogP contribution in [0.4, 0.5) is 17.1 Å². The molecule has 0 aliphatic rings. The number of rotatable bonds is 5. The summed E-state index contributed by atoms with van der Waals surface area (Å²) in [5.74, 6) is 0.248. The van der Waals surface area contributed by atoms with E-state index in [1.807, 2.05) is 27.2 Å². The second kappa shape index (κ2) is 6.75. The molecule has 0 bridgehead atoms. The van der Waals surface area contributed by atoms with E-state index in [1.165, 1.54) is 21.5 Å². The first kappa shape index (κ1) is 16.2. The molecule has 22 heavy (non-hydrogen) atoms. The fraction of sp³-hybridized carbons (Fsp3) is 0.294. The first-order valence-corrected chi connectivity index (χ1v) is 8.52. The summed E-state index contributed by atoms with van der Waals surface area (Å²) in [5.41, 5.74) is 5.02. The Kier molecular flexibility index (Phi) is 4.98. The predicted molar refractivity (Wildman–Crippen MR) is 99.1 cm³/mol. The van der Waals surface area contributed by atoms with Crippen molar-refractivity contribution in [3.05, 3.63) is 35.4 Å². The number of phenols is 1. The van der Waals surface area contributed by atoms with Gasteiger partial charge in [-0.2, -0.15) is 0 Å². The van der Waals surface area contributed by atoms with Gasteiger partial charge in [-0.25, -0.2) is 0 Å². The van der Waals surface area contributed by atoms with E-state index < -0.39 is 0 Å². The summed E-state index contributed by atoms with van der Waals surface area (Å²) in [6.45, 7) is 4.26. The summed E-state index contributed by atoms with van der Waals surface area (Å²) in [7, 11) is 5.47. The van der Waals surface area contributed by atoms with Crippen LogP contribution in [-0.4, -0.2) is 35.8 Å². The van der Waals surface area contributed by atoms with Gasteiger partial charge in [0.15, 0.2) is 5.75 Å². The Morgan fingerprint density at radius 3 is 1.91 bits per heavy atom. The third-order valence-corrected chi connectivity index (χ3v) is 5.10. The smallest absolute Gasteiger partial charge is 0.164 e. The van der Waals surface area contributed by atoms with Gasteiger partial charge in [-0.3, -0.25) is 0 Å². The molecule has 0 aromatic heterocycles. The van der Waals surface area contributed by atoms with E-state index >= 15 is 0 Å². The Morgan fingerprint density at radius 2 is 1.41 bits per heavy atom. The lowest BCUT2D eigenvalue weighted by Crippen LogP contribution is -2.30. The van der Waals surface area contributed by atoms with Crippen LogP contribution in [0.5, 0.6) is 5.75 Å². The highest BCUT2D eigenvalue weighted by molar-refractivity contribution is 6.69. The number of benzene rings is 2. The first-order chi connectivity index (χ1) is 10.5. The van der Waals surface area contributed by atoms with Gasteiger partial charge in [0.1, 0.15) is 15.2 Å². The normalized spacial score (nSPS) is 10.4. The topological polar surface area (TPSA) is 56.3 Å². The molecule has 4 nitrogen and oxygen atoms in total. The number of anilines is 3. The molecule has 0 saturated heterocycles. The molecule has 1 radical (unpaired) electrons. The third-order valence-electron chi connectivity index (χ3n) is 3.67. The van der Waals surface area contributed by atoms with E-state index in [-0.39, 0.29) is 15.3 Å². The van der Waals surface area contributed by atoms with Gasteiger partial charge in [0, 0.05) is 21.1 Å². The molecule has 2 aromatic carbocycles. The molecule has 0 unspecified atom stereocenters. The molecule has 2 aromatic rings. The second-order valence-corrected chi connectivity index (χ2v) is 7.00. The van der Waals surface area contributed by atoms with Gasteiger partial charge in [0.25, 0.3) is 0 Å². The fourth-order valence-corrected chi connectivity index (χ4v) is 4.52. The monoisotopic (exact) mass is 314 g/mol. The molecule has 0 saturated carbocycles. The molecule has 0 fully saturated rings. The van der Waals surface area contributed by atoms with Gasteiger partial charge in [0.2, 0.25) is 0 Å². The van der Waals surface area contributed by atoms with Gasteiger partial charge >= 0.3 is 0 Å². The zero-order valence-electron chi connectivity index (χ0n) is 13.8. The molecule has 0 heterocycles. The Balaban J connectivity index is 2.53. The van der Waals surface area contributed by atoms with Crippen LogP contribution >= 0.6 is 0 Å². The predicted octanol–water partition coefficient (Wildman–Crippen LogP) is 1.52. The van der Waals surface area contributed by atoms with Crippen molar-refractivity contribution in [3.63, 3.8) is 0 Å². The molecule has 2 rings (SSSR count). The lowest BCUT2D eigenvalue weighted by Gasteiger charge is -2.19. The van der Waals surface area contributed by atoms with Gasteiger partial charge in [-0.05, 0) is 25.1 Å². The molecule has 0 atom stereocenters. The zero-order chi connectivity index (χ0) is 16.3. The number of hydrogen-bond acceptors (Lipinski definition) is 4. The Hall–Kier alpha value is -2.14. The quantitative estimate of drug-likeness (QED) is 0.499. The van der Waals surface area contributed by atoms with Crippen LogP contribution in [0.3, 0.4) is 0 Å². The summed E-state index contributed by atoms with van der Waals surface area (Å²) >= 11 is 0. The van der Waals surface area contributed by atoms with Crippen LogP contribution in [0.2, 0.25) is 0 Å². The van der Waals surface area contributed by atoms with E-state index in [4.69, 9.17) is 0 Å². The first-order valence-electron chi connectivity index (χ1n) is 7.36. The lowest BCUT2D eigenvalue weighted by molar-refractivity contribution is 0.480. The molecular weight excluding hydrogens is 290 g/mol. The lowest BCUT2D eigenvalue weighted by atomic mass is 10.2. The summed E-state index contributed by atoms with van der Waals surface area (Å²) in [4.78, 5) is 0. The van der Waals surface area contributed by atoms with Gasteiger partial charge < -0.3 is 21.1 Å². The maximum atomic E-state index is 10.3. The highest BCUT2D eigenvalue weighted by atomic mass is 28.2. The number of aromatic hydroxyl groups is 1. The molecule has 0 spiro atoms. The van der Waals surface area contributed by atoms with E-state index in [1.54, 1.807) is 0 Å². The maximum Gasteiger partial charge on any atom is 0.164 e. The van der Waals surface area contributed by atoms with Crippen LogP contribution in [-0.2, 0) is 0 Å². The second-order valence-electron chi connectivity index (χ2n) is 5.43. The fourth-order valence-electron chi connectivity index (χ4n) is 2.78. The minimum absolute atomic E-state index is 0.0656. The van der Waals surface area contributed by atoms with Crippen LogP contribution < -0.4 is 26.3 Å². The maximum absolute atomic E-state index is 10.3. The van der Waals surface area contributed by atoms with Crippen molar-refractivity contribution in [2.45, 2.75) is 13.8 Å². The van der Waals surface area contributed by atoms with Crippen molar-refractivity contribution in [1.29, 1.82) is 0 Å². The standard InChI is InChI=1S/C17H24N3OSi/c1-10-6-11(2)8-12(7-10)22-14-9-13(18-3)17(21)16(20-5)15(14)19-4/h6-9,18-22H,1-5H3. The van der Waals surface area contributed by atoms with Crippen LogP contribution in [0.1, 0.15) is 11.1 Å². The van der Waals surface area contributed by atoms with Crippen LogP contribution in [0.25, 0.3) is 0 Å². The third kappa shape index (κ3) is 3.19. The number of phenolic OH excluding ortho intramolecular Hbond substituents is 1. The highest BCUT2D eigenvalue weighted by Gasteiger charge is 2.16. The van der Waals surface area contributed by atoms with Crippen molar-refractivity contribution in [2.75, 3.05) is 37.1 Å². The minimum atomic E-state index is -0.0656. The molecule has 0 aliphatic heterocycles. The summed E-state index contributed by atoms with van der Waals surface area (Å²) < 4.78 is 0. The van der Waals surface area contributed by atoms with Gasteiger partial charge in [-0.1, -0.05) is 34.5 Å². The van der Waals surface area contributed by atoms with Crippen LogP contribution in [0.15, 0.2) is 24.3 Å². The molecular formula is C17H24N3OSi. The molecule has 5 heteroatoms. The Morgan fingerprint density at radius 1 is 0.818 bits per heavy atom. The average Bonchev–Trinajstić information content (AvgIpc) is 2.47. The minimum Gasteiger partial charge on any atom is -0.504 e. The van der Waals surface area contributed by atoms with E-state index in [0.717, 1.165) is 17.1 Å². The zero-order valence-corrected chi connectivity index (χ0v) is 15.0. The number of nitrogens with one attached hydrogen (secondary N) is 3. The average molecular weight is 314 g/mol. The SMILES string of the molecule is CNc1cc([SiH]c2cc(C)cc(C)c2)c(NC)c(NC)c1O. The summed E-state index contributed by atoms with van der Waals surface area (Å²) in [6, 6.07) is 8.71. The van der Waals surface area contributed by atoms with E-state index in [2.05, 4.69) is 48.0 Å². The Labute approximate surface area is 134 Å². The number of aryl methyl sites for hydroxylation is 2. The van der Waals surface area contributed by atoms with Gasteiger partial charge in [0.05, 0.1) is 11.4 Å². The Bertz CT molecular complexity index is 666. The van der Waals surface area contributed by atoms with E-state index in [9.17, 15) is 5.11 Å². The molecule has 117 valence electrons. The molecule has 4 N–H and O–H groups in total. The van der Waals surface area contributed by atoms with Crippen molar-refractivity contribution in [2.24, 2.45) is 0 Å². The van der Waals surface area contributed by atoms with Crippen LogP contribution in [0, 0.1) is 13.8 Å². The highest BCUT2D eigenvalue weighted by Crippen LogP contribution is 2.36. The van der Waals surface area contributed by atoms with Crippen molar-refractivity contribution < 1.29 is 5.11 Å². The van der Waals surface area contributed by atoms with E-state index in [0.29, 0.717) is 0 Å². The van der Waals surface area contributed by atoms with Crippen molar-refractivity contribution in [1.82, 2.24) is 0 Å². The summed E-state index contributed by atoms with van der Waals surface area (Å²) in [6.07, 6.45) is 0. The van der Waals surface area contributed by atoms with Gasteiger partial charge in [-0.15, -0.1) is 0 Å². The number of hydrogen-bond donors (Lipinski definition) is 4. The molecule has 0 amide bonds. The van der Waals surface area contributed by atoms with Crippen molar-refractivity contribution in [3.8, 4) is 5.75 Å². The van der Waals surface area contributed by atoms with Crippen molar-refractivity contribution >= 4 is 37.0 Å². The largest absolute Gasteiger partial charge is 0.504 e.